The Bertz CT molecular complexity index is 1020. The molecule has 208 valence electrons. The van der Waals surface area contributed by atoms with Gasteiger partial charge in [0.05, 0.1) is 0 Å². The van der Waals surface area contributed by atoms with Crippen LogP contribution in [0.15, 0.2) is 48.1 Å². The van der Waals surface area contributed by atoms with Gasteiger partial charge in [-0.2, -0.15) is 0 Å². The van der Waals surface area contributed by atoms with Gasteiger partial charge in [-0.1, -0.05) is 95.9 Å². The van der Waals surface area contributed by atoms with Crippen LogP contribution in [-0.4, -0.2) is 12.1 Å². The first-order chi connectivity index (χ1) is 18.2. The van der Waals surface area contributed by atoms with Crippen molar-refractivity contribution in [3.05, 3.63) is 53.6 Å². The standard InChI is InChI=1S/C36H52O2/c1-25(2)10-9-11-26(3)31-17-18-32-30-16-15-28-24-29(38-34(37)19-14-27-12-7-6-8-13-27)20-22-35(28,4)33(30)21-23-36(31,32)5/h6-8,12-15,19,25-26,29-33H,9-11,16-18,20-24H2,1-5H3/b19-14+/t26-,29-,30+,31-,32+,33+,35+,36-/m1/s1. The summed E-state index contributed by atoms with van der Waals surface area (Å²) in [6, 6.07) is 9.99. The van der Waals surface area contributed by atoms with E-state index < -0.39 is 0 Å². The number of carbonyl (C=O) groups excluding carboxylic acids is 1. The van der Waals surface area contributed by atoms with Crippen LogP contribution in [0.3, 0.4) is 0 Å². The van der Waals surface area contributed by atoms with Crippen molar-refractivity contribution in [3.8, 4) is 0 Å². The molecule has 1 aromatic carbocycles. The van der Waals surface area contributed by atoms with Crippen molar-refractivity contribution in [2.24, 2.45) is 46.3 Å². The SMILES string of the molecule is CC(C)CCC[C@@H](C)[C@H]1CC[C@H]2[C@@H]3CC=C4C[C@H](OC(=O)/C=C/c5ccccc5)CC[C@]4(C)[C@H]3CC[C@]12C. The molecule has 4 aliphatic rings. The predicted molar refractivity (Wildman–Crippen MR) is 158 cm³/mol. The molecule has 0 aliphatic heterocycles. The molecule has 8 atom stereocenters. The third-order valence-corrected chi connectivity index (χ3v) is 11.8. The molecule has 0 unspecified atom stereocenters. The highest BCUT2D eigenvalue weighted by molar-refractivity contribution is 5.87. The highest BCUT2D eigenvalue weighted by Gasteiger charge is 2.59. The summed E-state index contributed by atoms with van der Waals surface area (Å²) in [5.41, 5.74) is 3.46. The third-order valence-electron chi connectivity index (χ3n) is 11.8. The Labute approximate surface area is 232 Å². The van der Waals surface area contributed by atoms with Crippen LogP contribution in [0.4, 0.5) is 0 Å². The molecule has 2 nitrogen and oxygen atoms in total. The van der Waals surface area contributed by atoms with Crippen LogP contribution in [0, 0.1) is 46.3 Å². The van der Waals surface area contributed by atoms with Crippen LogP contribution < -0.4 is 0 Å². The molecule has 3 fully saturated rings. The molecule has 0 saturated heterocycles. The minimum absolute atomic E-state index is 0.0233. The second-order valence-electron chi connectivity index (χ2n) is 14.3. The first-order valence-corrected chi connectivity index (χ1v) is 15.8. The summed E-state index contributed by atoms with van der Waals surface area (Å²) < 4.78 is 5.95. The maximum atomic E-state index is 12.6. The number of hydrogen-bond acceptors (Lipinski definition) is 2. The Morgan fingerprint density at radius 1 is 1.00 bits per heavy atom. The lowest BCUT2D eigenvalue weighted by Gasteiger charge is -2.58. The van der Waals surface area contributed by atoms with E-state index in [-0.39, 0.29) is 12.1 Å². The van der Waals surface area contributed by atoms with Crippen LogP contribution >= 0.6 is 0 Å². The second-order valence-corrected chi connectivity index (χ2v) is 14.3. The van der Waals surface area contributed by atoms with Crippen molar-refractivity contribution in [2.75, 3.05) is 0 Å². The first-order valence-electron chi connectivity index (χ1n) is 15.8. The predicted octanol–water partition coefficient (Wildman–Crippen LogP) is 9.65. The van der Waals surface area contributed by atoms with Crippen molar-refractivity contribution < 1.29 is 9.53 Å². The highest BCUT2D eigenvalue weighted by Crippen LogP contribution is 2.67. The molecule has 5 rings (SSSR count). The van der Waals surface area contributed by atoms with E-state index in [0.29, 0.717) is 10.8 Å². The molecule has 0 aromatic heterocycles. The van der Waals surface area contributed by atoms with Crippen LogP contribution in [0.5, 0.6) is 0 Å². The van der Waals surface area contributed by atoms with Crippen LogP contribution in [0.1, 0.15) is 111 Å². The molecule has 38 heavy (non-hydrogen) atoms. The summed E-state index contributed by atoms with van der Waals surface area (Å²) >= 11 is 0. The summed E-state index contributed by atoms with van der Waals surface area (Å²) in [6.07, 6.45) is 20.3. The molecule has 0 N–H and O–H groups in total. The van der Waals surface area contributed by atoms with Gasteiger partial charge in [-0.25, -0.2) is 4.79 Å². The number of benzene rings is 1. The Hall–Kier alpha value is -1.83. The number of esters is 1. The molecule has 0 heterocycles. The van der Waals surface area contributed by atoms with Gasteiger partial charge in [0.15, 0.2) is 0 Å². The zero-order chi connectivity index (χ0) is 26.9. The molecular formula is C36H52O2. The normalized spacial score (nSPS) is 37.3. The van der Waals surface area contributed by atoms with E-state index in [9.17, 15) is 4.79 Å². The highest BCUT2D eigenvalue weighted by atomic mass is 16.5. The summed E-state index contributed by atoms with van der Waals surface area (Å²) in [5, 5.41) is 0. The topological polar surface area (TPSA) is 26.3 Å². The van der Waals surface area contributed by atoms with E-state index in [1.807, 2.05) is 36.4 Å². The molecule has 3 saturated carbocycles. The smallest absolute Gasteiger partial charge is 0.331 e. The lowest BCUT2D eigenvalue weighted by Crippen LogP contribution is -2.51. The number of rotatable bonds is 8. The van der Waals surface area contributed by atoms with Crippen molar-refractivity contribution in [2.45, 2.75) is 111 Å². The number of ether oxygens (including phenoxy) is 1. The Morgan fingerprint density at radius 3 is 2.55 bits per heavy atom. The average Bonchev–Trinajstić information content (AvgIpc) is 3.25. The quantitative estimate of drug-likeness (QED) is 0.195. The van der Waals surface area contributed by atoms with Crippen LogP contribution in [0.2, 0.25) is 0 Å². The van der Waals surface area contributed by atoms with Gasteiger partial charge in [0.25, 0.3) is 0 Å². The zero-order valence-electron chi connectivity index (χ0n) is 24.8. The van der Waals surface area contributed by atoms with Crippen LogP contribution in [0.25, 0.3) is 6.08 Å². The van der Waals surface area contributed by atoms with Gasteiger partial charge in [-0.15, -0.1) is 0 Å². The van der Waals surface area contributed by atoms with Gasteiger partial charge in [0.1, 0.15) is 6.10 Å². The lowest BCUT2D eigenvalue weighted by atomic mass is 9.47. The number of allylic oxidation sites excluding steroid dienone is 1. The minimum atomic E-state index is -0.204. The van der Waals surface area contributed by atoms with Gasteiger partial charge >= 0.3 is 5.97 Å². The second kappa shape index (κ2) is 11.3. The fourth-order valence-electron chi connectivity index (χ4n) is 9.68. The van der Waals surface area contributed by atoms with E-state index in [1.165, 1.54) is 57.8 Å². The van der Waals surface area contributed by atoms with Gasteiger partial charge in [-0.3, -0.25) is 0 Å². The first kappa shape index (κ1) is 27.7. The molecule has 4 aliphatic carbocycles. The molecule has 0 amide bonds. The van der Waals surface area contributed by atoms with Crippen LogP contribution in [-0.2, 0) is 9.53 Å². The van der Waals surface area contributed by atoms with Crippen molar-refractivity contribution in [3.63, 3.8) is 0 Å². The summed E-state index contributed by atoms with van der Waals surface area (Å²) in [4.78, 5) is 12.6. The lowest BCUT2D eigenvalue weighted by molar-refractivity contribution is -0.145. The van der Waals surface area contributed by atoms with E-state index in [1.54, 1.807) is 11.6 Å². The molecule has 0 spiro atoms. The Kier molecular flexibility index (Phi) is 8.28. The zero-order valence-corrected chi connectivity index (χ0v) is 24.8. The fraction of sp³-hybridized carbons (Fsp3) is 0.694. The molecule has 2 heteroatoms. The number of carbonyl (C=O) groups is 1. The van der Waals surface area contributed by atoms with E-state index in [4.69, 9.17) is 4.74 Å². The van der Waals surface area contributed by atoms with Crippen molar-refractivity contribution >= 4 is 12.0 Å². The molecule has 0 bridgehead atoms. The van der Waals surface area contributed by atoms with Gasteiger partial charge in [0, 0.05) is 12.5 Å². The van der Waals surface area contributed by atoms with E-state index >= 15 is 0 Å². The summed E-state index contributed by atoms with van der Waals surface area (Å²) in [5.74, 6) is 4.97. The average molecular weight is 517 g/mol. The van der Waals surface area contributed by atoms with Gasteiger partial charge < -0.3 is 4.74 Å². The molecular weight excluding hydrogens is 464 g/mol. The van der Waals surface area contributed by atoms with E-state index in [2.05, 4.69) is 40.7 Å². The molecule has 0 radical (unpaired) electrons. The van der Waals surface area contributed by atoms with Gasteiger partial charge in [-0.05, 0) is 103 Å². The van der Waals surface area contributed by atoms with Crippen molar-refractivity contribution in [1.82, 2.24) is 0 Å². The third kappa shape index (κ3) is 5.44. The number of hydrogen-bond donors (Lipinski definition) is 0. The number of fused-ring (bicyclic) bond motifs is 5. The maximum Gasteiger partial charge on any atom is 0.331 e. The minimum Gasteiger partial charge on any atom is -0.459 e. The van der Waals surface area contributed by atoms with Crippen molar-refractivity contribution in [1.29, 1.82) is 0 Å². The fourth-order valence-corrected chi connectivity index (χ4v) is 9.68. The monoisotopic (exact) mass is 516 g/mol. The largest absolute Gasteiger partial charge is 0.459 e. The molecule has 1 aromatic rings. The van der Waals surface area contributed by atoms with E-state index in [0.717, 1.165) is 53.9 Å². The Morgan fingerprint density at radius 2 is 1.79 bits per heavy atom. The summed E-state index contributed by atoms with van der Waals surface area (Å²) in [7, 11) is 0. The maximum absolute atomic E-state index is 12.6. The van der Waals surface area contributed by atoms with Gasteiger partial charge in [0.2, 0.25) is 0 Å². The Balaban J connectivity index is 1.22. The summed E-state index contributed by atoms with van der Waals surface area (Å²) in [6.45, 7) is 12.6.